The largest absolute Gasteiger partial charge is 0.337 e. The van der Waals surface area contributed by atoms with Gasteiger partial charge >= 0.3 is 0 Å². The first-order valence-corrected chi connectivity index (χ1v) is 6.46. The number of carbonyl (C=O) groups is 2. The van der Waals surface area contributed by atoms with Gasteiger partial charge in [-0.3, -0.25) is 9.59 Å². The van der Waals surface area contributed by atoms with Crippen LogP contribution in [0.2, 0.25) is 0 Å². The van der Waals surface area contributed by atoms with E-state index in [2.05, 4.69) is 0 Å². The first-order chi connectivity index (χ1) is 9.63. The second kappa shape index (κ2) is 4.73. The maximum Gasteiger partial charge on any atom is 0.276 e. The lowest BCUT2D eigenvalue weighted by molar-refractivity contribution is -0.128. The first kappa shape index (κ1) is 12.8. The van der Waals surface area contributed by atoms with Crippen molar-refractivity contribution in [3.05, 3.63) is 47.7 Å². The Morgan fingerprint density at radius 3 is 2.60 bits per heavy atom. The molecule has 0 bridgehead atoms. The lowest BCUT2D eigenvalue weighted by Crippen LogP contribution is -2.34. The summed E-state index contributed by atoms with van der Waals surface area (Å²) >= 11 is 0. The van der Waals surface area contributed by atoms with E-state index >= 15 is 0 Å². The maximum atomic E-state index is 12.1. The minimum atomic E-state index is -0.266. The van der Waals surface area contributed by atoms with Crippen LogP contribution in [0.1, 0.15) is 12.5 Å². The minimum absolute atomic E-state index is 0.171. The fourth-order valence-corrected chi connectivity index (χ4v) is 2.48. The SMILES string of the molecule is CC(=O)C1=CN(Cc2ccccc2)[C@@H]2N(CN)N2C1=O. The number of hydrazine groups is 1. The number of nitrogens with two attached hydrogens (primary N) is 1. The van der Waals surface area contributed by atoms with Gasteiger partial charge in [-0.25, -0.2) is 5.01 Å². The lowest BCUT2D eigenvalue weighted by atomic mass is 10.1. The summed E-state index contributed by atoms with van der Waals surface area (Å²) in [5.74, 6) is -0.493. The molecule has 2 heterocycles. The molecule has 2 aliphatic heterocycles. The molecule has 6 heteroatoms. The van der Waals surface area contributed by atoms with E-state index in [4.69, 9.17) is 5.73 Å². The minimum Gasteiger partial charge on any atom is -0.337 e. The van der Waals surface area contributed by atoms with Crippen molar-refractivity contribution in [3.8, 4) is 0 Å². The van der Waals surface area contributed by atoms with Crippen molar-refractivity contribution in [2.75, 3.05) is 6.67 Å². The standard InChI is InChI=1S/C14H16N4O2/c1-10(19)12-8-16(7-11-5-3-2-4-6-11)14-17(9-15)18(14)13(12)20/h2-6,8,14H,7,9,15H2,1H3/t14-,17?,18?/m1/s1. The zero-order chi connectivity index (χ0) is 14.3. The second-order valence-corrected chi connectivity index (χ2v) is 4.88. The van der Waals surface area contributed by atoms with Crippen molar-refractivity contribution in [1.82, 2.24) is 14.9 Å². The van der Waals surface area contributed by atoms with Crippen LogP contribution >= 0.6 is 0 Å². The van der Waals surface area contributed by atoms with Crippen molar-refractivity contribution in [1.29, 1.82) is 0 Å². The number of rotatable bonds is 4. The molecule has 0 aliphatic carbocycles. The van der Waals surface area contributed by atoms with Crippen molar-refractivity contribution < 1.29 is 9.59 Å². The third-order valence-electron chi connectivity index (χ3n) is 3.51. The van der Waals surface area contributed by atoms with Crippen LogP contribution in [0.15, 0.2) is 42.1 Å². The monoisotopic (exact) mass is 272 g/mol. The topological polar surface area (TPSA) is 69.4 Å². The number of amides is 1. The molecule has 2 aliphatic rings. The Morgan fingerprint density at radius 1 is 1.30 bits per heavy atom. The van der Waals surface area contributed by atoms with Crippen LogP contribution < -0.4 is 5.73 Å². The van der Waals surface area contributed by atoms with Gasteiger partial charge in [0.05, 0.1) is 12.2 Å². The molecule has 20 heavy (non-hydrogen) atoms. The number of ketones is 1. The molecular weight excluding hydrogens is 256 g/mol. The van der Waals surface area contributed by atoms with Gasteiger partial charge in [-0.05, 0) is 12.5 Å². The van der Waals surface area contributed by atoms with E-state index in [1.165, 1.54) is 11.9 Å². The Labute approximate surface area is 117 Å². The van der Waals surface area contributed by atoms with Gasteiger partial charge in [-0.15, -0.1) is 0 Å². The highest BCUT2D eigenvalue weighted by atomic mass is 16.2. The molecule has 0 aromatic heterocycles. The summed E-state index contributed by atoms with van der Waals surface area (Å²) in [6.07, 6.45) is 1.48. The lowest BCUT2D eigenvalue weighted by Gasteiger charge is -2.23. The molecule has 1 aromatic rings. The molecule has 0 radical (unpaired) electrons. The summed E-state index contributed by atoms with van der Waals surface area (Å²) in [7, 11) is 0. The van der Waals surface area contributed by atoms with Gasteiger partial charge in [0, 0.05) is 12.7 Å². The van der Waals surface area contributed by atoms with Crippen molar-refractivity contribution in [2.24, 2.45) is 5.73 Å². The maximum absolute atomic E-state index is 12.1. The summed E-state index contributed by atoms with van der Waals surface area (Å²) in [4.78, 5) is 25.6. The normalized spacial score (nSPS) is 24.3. The van der Waals surface area contributed by atoms with E-state index in [9.17, 15) is 9.59 Å². The zero-order valence-electron chi connectivity index (χ0n) is 11.2. The average molecular weight is 272 g/mol. The van der Waals surface area contributed by atoms with Crippen LogP contribution in [-0.2, 0) is 16.1 Å². The molecule has 3 rings (SSSR count). The molecule has 1 saturated heterocycles. The Kier molecular flexibility index (Phi) is 3.04. The van der Waals surface area contributed by atoms with Gasteiger partial charge in [0.25, 0.3) is 5.91 Å². The molecule has 1 fully saturated rings. The van der Waals surface area contributed by atoms with E-state index in [-0.39, 0.29) is 30.2 Å². The average Bonchev–Trinajstić information content (AvgIpc) is 3.18. The fourth-order valence-electron chi connectivity index (χ4n) is 2.48. The quantitative estimate of drug-likeness (QED) is 0.628. The Morgan fingerprint density at radius 2 is 2.00 bits per heavy atom. The van der Waals surface area contributed by atoms with Crippen LogP contribution in [0.25, 0.3) is 0 Å². The van der Waals surface area contributed by atoms with E-state index in [1.54, 1.807) is 11.2 Å². The highest BCUT2D eigenvalue weighted by molar-refractivity contribution is 6.19. The van der Waals surface area contributed by atoms with Crippen molar-refractivity contribution in [3.63, 3.8) is 0 Å². The van der Waals surface area contributed by atoms with E-state index in [1.807, 2.05) is 35.2 Å². The molecule has 2 N–H and O–H groups in total. The summed E-state index contributed by atoms with van der Waals surface area (Å²) in [6.45, 7) is 2.28. The summed E-state index contributed by atoms with van der Waals surface area (Å²) in [5, 5.41) is 3.26. The molecule has 6 nitrogen and oxygen atoms in total. The molecule has 2 atom stereocenters. The van der Waals surface area contributed by atoms with Gasteiger partial charge in [-0.2, -0.15) is 5.01 Å². The van der Waals surface area contributed by atoms with Crippen LogP contribution in [-0.4, -0.2) is 39.6 Å². The van der Waals surface area contributed by atoms with Crippen molar-refractivity contribution >= 4 is 11.7 Å². The van der Waals surface area contributed by atoms with E-state index in [0.29, 0.717) is 6.54 Å². The van der Waals surface area contributed by atoms with E-state index in [0.717, 1.165) is 5.56 Å². The Hall–Kier alpha value is -2.18. The number of fused-ring (bicyclic) bond motifs is 1. The van der Waals surface area contributed by atoms with Gasteiger partial charge in [0.1, 0.15) is 0 Å². The summed E-state index contributed by atoms with van der Waals surface area (Å²) < 4.78 is 0. The number of benzene rings is 1. The first-order valence-electron chi connectivity index (χ1n) is 6.46. The number of hydrogen-bond acceptors (Lipinski definition) is 5. The molecule has 1 amide bonds. The summed E-state index contributed by atoms with van der Waals surface area (Å²) in [6, 6.07) is 9.90. The van der Waals surface area contributed by atoms with Crippen LogP contribution in [0.4, 0.5) is 0 Å². The van der Waals surface area contributed by atoms with Crippen molar-refractivity contribution in [2.45, 2.75) is 19.8 Å². The van der Waals surface area contributed by atoms with Gasteiger partial charge < -0.3 is 10.6 Å². The predicted octanol–water partition coefficient (Wildman–Crippen LogP) is 0.234. The number of nitrogens with zero attached hydrogens (tertiary/aromatic N) is 3. The van der Waals surface area contributed by atoms with Gasteiger partial charge in [0.2, 0.25) is 0 Å². The third kappa shape index (κ3) is 1.99. The fraction of sp³-hybridized carbons (Fsp3) is 0.286. The van der Waals surface area contributed by atoms with Crippen LogP contribution in [0, 0.1) is 0 Å². The zero-order valence-corrected chi connectivity index (χ0v) is 11.2. The number of Topliss-reactive ketones (excluding diaryl/α,β-unsaturated/α-hetero) is 1. The van der Waals surface area contributed by atoms with Crippen LogP contribution in [0.3, 0.4) is 0 Å². The van der Waals surface area contributed by atoms with E-state index < -0.39 is 0 Å². The smallest absolute Gasteiger partial charge is 0.276 e. The molecule has 1 unspecified atom stereocenters. The Balaban J connectivity index is 1.88. The molecule has 0 saturated carbocycles. The highest BCUT2D eigenvalue weighted by Crippen LogP contribution is 2.36. The molecule has 104 valence electrons. The van der Waals surface area contributed by atoms with Crippen LogP contribution in [0.5, 0.6) is 0 Å². The van der Waals surface area contributed by atoms with Gasteiger partial charge in [0.15, 0.2) is 12.1 Å². The third-order valence-corrected chi connectivity index (χ3v) is 3.51. The second-order valence-electron chi connectivity index (χ2n) is 4.88. The highest BCUT2D eigenvalue weighted by Gasteiger charge is 2.55. The van der Waals surface area contributed by atoms with Gasteiger partial charge in [-0.1, -0.05) is 30.3 Å². The molecular formula is C14H16N4O2. The number of carbonyl (C=O) groups excluding carboxylic acids is 2. The molecule has 0 spiro atoms. The summed E-state index contributed by atoms with van der Waals surface area (Å²) in [5.41, 5.74) is 6.95. The number of hydrogen-bond donors (Lipinski definition) is 1. The Bertz CT molecular complexity index is 584. The molecule has 1 aromatic carbocycles. The predicted molar refractivity (Wildman–Crippen MR) is 72.3 cm³/mol.